The summed E-state index contributed by atoms with van der Waals surface area (Å²) in [6.07, 6.45) is 2.42. The van der Waals surface area contributed by atoms with E-state index in [2.05, 4.69) is 51.2 Å². The van der Waals surface area contributed by atoms with E-state index in [1.807, 2.05) is 42.5 Å². The molecule has 0 aliphatic rings. The number of carbonyl (C=O) groups is 1. The Balaban J connectivity index is 1.34. The van der Waals surface area contributed by atoms with E-state index in [0.717, 1.165) is 44.5 Å². The number of carbonyl (C=O) groups excluding carboxylic acids is 1. The van der Waals surface area contributed by atoms with Gasteiger partial charge in [-0.2, -0.15) is 5.10 Å². The molecule has 5 rings (SSSR count). The molecule has 0 saturated heterocycles. The van der Waals surface area contributed by atoms with Crippen LogP contribution in [0.5, 0.6) is 0 Å². The molecule has 0 fully saturated rings. The standard InChI is InChI=1S/C26H27N7O/c1-26(2,3)22-6-4-5-20(31-22)25(34)28-11-9-16-14-18-23(30-16)17-8-7-15(19-10-12-29-33-19)13-21(17)32-24(18)27/h4-8,10,12-14,30H,9,11H2,1-3H3,(H2,27,32)(H,28,34)(H,29,33). The summed E-state index contributed by atoms with van der Waals surface area (Å²) in [5.41, 5.74) is 12.0. The molecule has 1 amide bonds. The smallest absolute Gasteiger partial charge is 0.269 e. The molecule has 0 radical (unpaired) electrons. The normalized spacial score (nSPS) is 11.9. The van der Waals surface area contributed by atoms with Crippen molar-refractivity contribution in [2.45, 2.75) is 32.6 Å². The molecule has 8 heteroatoms. The zero-order valence-electron chi connectivity index (χ0n) is 19.4. The van der Waals surface area contributed by atoms with Crippen LogP contribution >= 0.6 is 0 Å². The second-order valence-electron chi connectivity index (χ2n) is 9.44. The molecule has 4 aromatic heterocycles. The zero-order chi connectivity index (χ0) is 23.9. The van der Waals surface area contributed by atoms with E-state index in [0.29, 0.717) is 24.5 Å². The minimum atomic E-state index is -0.181. The van der Waals surface area contributed by atoms with Crippen LogP contribution in [0.3, 0.4) is 0 Å². The van der Waals surface area contributed by atoms with Crippen LogP contribution < -0.4 is 11.1 Å². The second kappa shape index (κ2) is 8.30. The number of hydrogen-bond acceptors (Lipinski definition) is 5. The first-order valence-corrected chi connectivity index (χ1v) is 11.3. The van der Waals surface area contributed by atoms with Crippen LogP contribution in [0.25, 0.3) is 33.1 Å². The third kappa shape index (κ3) is 4.10. The monoisotopic (exact) mass is 453 g/mol. The Bertz CT molecular complexity index is 1490. The van der Waals surface area contributed by atoms with Crippen molar-refractivity contribution in [3.63, 3.8) is 0 Å². The number of H-pyrrole nitrogens is 2. The molecule has 5 N–H and O–H groups in total. The molecule has 0 atom stereocenters. The number of aromatic nitrogens is 5. The quantitative estimate of drug-likeness (QED) is 0.315. The lowest BCUT2D eigenvalue weighted by molar-refractivity contribution is 0.0948. The summed E-state index contributed by atoms with van der Waals surface area (Å²) in [6.45, 7) is 6.71. The Labute approximate surface area is 197 Å². The Morgan fingerprint density at radius 3 is 2.68 bits per heavy atom. The van der Waals surface area contributed by atoms with Gasteiger partial charge in [0.15, 0.2) is 0 Å². The van der Waals surface area contributed by atoms with E-state index in [9.17, 15) is 4.79 Å². The van der Waals surface area contributed by atoms with Gasteiger partial charge in [-0.3, -0.25) is 9.89 Å². The van der Waals surface area contributed by atoms with Gasteiger partial charge in [-0.15, -0.1) is 0 Å². The molecule has 5 aromatic rings. The van der Waals surface area contributed by atoms with E-state index in [4.69, 9.17) is 5.73 Å². The van der Waals surface area contributed by atoms with E-state index >= 15 is 0 Å². The van der Waals surface area contributed by atoms with Crippen LogP contribution in [-0.2, 0) is 11.8 Å². The number of benzene rings is 1. The van der Waals surface area contributed by atoms with Gasteiger partial charge in [0.05, 0.1) is 16.7 Å². The van der Waals surface area contributed by atoms with Gasteiger partial charge in [0.25, 0.3) is 5.91 Å². The van der Waals surface area contributed by atoms with Crippen LogP contribution in [0.1, 0.15) is 42.6 Å². The highest BCUT2D eigenvalue weighted by molar-refractivity contribution is 6.08. The van der Waals surface area contributed by atoms with Gasteiger partial charge in [-0.05, 0) is 30.3 Å². The summed E-state index contributed by atoms with van der Waals surface area (Å²) < 4.78 is 0. The van der Waals surface area contributed by atoms with Crippen molar-refractivity contribution < 1.29 is 4.79 Å². The first-order valence-electron chi connectivity index (χ1n) is 11.3. The second-order valence-corrected chi connectivity index (χ2v) is 9.44. The zero-order valence-corrected chi connectivity index (χ0v) is 19.4. The average Bonchev–Trinajstić information content (AvgIpc) is 3.49. The molecule has 34 heavy (non-hydrogen) atoms. The number of nitrogens with one attached hydrogen (secondary N) is 3. The van der Waals surface area contributed by atoms with Gasteiger partial charge in [0.1, 0.15) is 11.5 Å². The number of aromatic amines is 2. The maximum atomic E-state index is 12.6. The van der Waals surface area contributed by atoms with E-state index in [-0.39, 0.29) is 11.3 Å². The minimum Gasteiger partial charge on any atom is -0.383 e. The molecule has 0 aliphatic heterocycles. The average molecular weight is 454 g/mol. The first-order chi connectivity index (χ1) is 16.3. The lowest BCUT2D eigenvalue weighted by Gasteiger charge is -2.18. The highest BCUT2D eigenvalue weighted by Gasteiger charge is 2.17. The fourth-order valence-corrected chi connectivity index (χ4v) is 4.05. The number of amides is 1. The molecule has 8 nitrogen and oxygen atoms in total. The largest absolute Gasteiger partial charge is 0.383 e. The summed E-state index contributed by atoms with van der Waals surface area (Å²) in [6, 6.07) is 15.5. The van der Waals surface area contributed by atoms with Crippen molar-refractivity contribution in [1.29, 1.82) is 0 Å². The maximum Gasteiger partial charge on any atom is 0.269 e. The topological polar surface area (TPSA) is 125 Å². The van der Waals surface area contributed by atoms with Crippen molar-refractivity contribution in [3.8, 4) is 11.3 Å². The number of hydrogen-bond donors (Lipinski definition) is 4. The molecule has 4 heterocycles. The summed E-state index contributed by atoms with van der Waals surface area (Å²) in [5.74, 6) is 0.288. The summed E-state index contributed by atoms with van der Waals surface area (Å²) in [5, 5.41) is 11.9. The SMILES string of the molecule is CC(C)(C)c1cccc(C(=O)NCCc2cc3c(N)nc4cc(-c5cc[nH]n5)ccc4c3[nH]2)n1. The van der Waals surface area contributed by atoms with Crippen molar-refractivity contribution in [1.82, 2.24) is 30.5 Å². The Kier molecular flexibility index (Phi) is 5.28. The third-order valence-corrected chi connectivity index (χ3v) is 5.88. The van der Waals surface area contributed by atoms with Crippen molar-refractivity contribution in [2.24, 2.45) is 0 Å². The number of nitrogen functional groups attached to an aromatic ring is 1. The minimum absolute atomic E-state index is 0.115. The first kappa shape index (κ1) is 21.6. The fourth-order valence-electron chi connectivity index (χ4n) is 4.05. The van der Waals surface area contributed by atoms with Gasteiger partial charge >= 0.3 is 0 Å². The number of pyridine rings is 2. The van der Waals surface area contributed by atoms with E-state index < -0.39 is 0 Å². The van der Waals surface area contributed by atoms with Crippen molar-refractivity contribution in [2.75, 3.05) is 12.3 Å². The maximum absolute atomic E-state index is 12.6. The predicted octanol–water partition coefficient (Wildman–Crippen LogP) is 4.35. The summed E-state index contributed by atoms with van der Waals surface area (Å²) in [7, 11) is 0. The molecule has 0 bridgehead atoms. The molecule has 0 saturated carbocycles. The molecule has 0 spiro atoms. The van der Waals surface area contributed by atoms with Crippen LogP contribution in [0.2, 0.25) is 0 Å². The lowest BCUT2D eigenvalue weighted by atomic mass is 9.91. The van der Waals surface area contributed by atoms with Gasteiger partial charge in [-0.1, -0.05) is 39.0 Å². The summed E-state index contributed by atoms with van der Waals surface area (Å²) in [4.78, 5) is 25.2. The Hall–Kier alpha value is -4.20. The molecular formula is C26H27N7O. The van der Waals surface area contributed by atoms with E-state index in [1.165, 1.54) is 0 Å². The van der Waals surface area contributed by atoms with Crippen LogP contribution in [0, 0.1) is 0 Å². The Morgan fingerprint density at radius 1 is 1.06 bits per heavy atom. The molecule has 0 aliphatic carbocycles. The third-order valence-electron chi connectivity index (χ3n) is 5.88. The van der Waals surface area contributed by atoms with Crippen LogP contribution in [0.15, 0.2) is 54.7 Å². The number of nitrogens with two attached hydrogens (primary N) is 1. The Morgan fingerprint density at radius 2 is 1.91 bits per heavy atom. The van der Waals surface area contributed by atoms with Crippen molar-refractivity contribution >= 4 is 33.5 Å². The molecular weight excluding hydrogens is 426 g/mol. The molecule has 172 valence electrons. The van der Waals surface area contributed by atoms with Gasteiger partial charge in [0, 0.05) is 52.3 Å². The number of fused-ring (bicyclic) bond motifs is 3. The fraction of sp³-hybridized carbons (Fsp3) is 0.231. The molecule has 0 unspecified atom stereocenters. The molecule has 1 aromatic carbocycles. The van der Waals surface area contributed by atoms with Crippen LogP contribution in [-0.4, -0.2) is 37.6 Å². The number of rotatable bonds is 5. The predicted molar refractivity (Wildman–Crippen MR) is 135 cm³/mol. The van der Waals surface area contributed by atoms with Gasteiger partial charge < -0.3 is 16.0 Å². The number of nitrogens with zero attached hydrogens (tertiary/aromatic N) is 3. The highest BCUT2D eigenvalue weighted by atomic mass is 16.1. The highest BCUT2D eigenvalue weighted by Crippen LogP contribution is 2.31. The number of anilines is 1. The summed E-state index contributed by atoms with van der Waals surface area (Å²) >= 11 is 0. The van der Waals surface area contributed by atoms with Crippen molar-refractivity contribution in [3.05, 3.63) is 71.8 Å². The van der Waals surface area contributed by atoms with Gasteiger partial charge in [0.2, 0.25) is 0 Å². The van der Waals surface area contributed by atoms with Crippen LogP contribution in [0.4, 0.5) is 5.82 Å². The van der Waals surface area contributed by atoms with Gasteiger partial charge in [-0.25, -0.2) is 9.97 Å². The van der Waals surface area contributed by atoms with E-state index in [1.54, 1.807) is 12.3 Å². The lowest BCUT2D eigenvalue weighted by Crippen LogP contribution is -2.27.